The van der Waals surface area contributed by atoms with Gasteiger partial charge < -0.3 is 10.6 Å². The lowest BCUT2D eigenvalue weighted by Crippen LogP contribution is -2.38. The van der Waals surface area contributed by atoms with E-state index >= 15 is 0 Å². The molecule has 0 aliphatic carbocycles. The van der Waals surface area contributed by atoms with Crippen LogP contribution in [0.15, 0.2) is 24.3 Å². The van der Waals surface area contributed by atoms with Crippen molar-refractivity contribution in [1.82, 2.24) is 10.6 Å². The van der Waals surface area contributed by atoms with Crippen LogP contribution in [0.2, 0.25) is 0 Å². The Bertz CT molecular complexity index is 540. The predicted octanol–water partition coefficient (Wildman–Crippen LogP) is 0.203. The van der Waals surface area contributed by atoms with Gasteiger partial charge in [-0.25, -0.2) is 13.6 Å². The SMILES string of the molecule is CCN[C@H](C)CNC(=O)c1ccc(CS(N)(=O)=O)cc1. The third-order valence-corrected chi connectivity index (χ3v) is 3.44. The van der Waals surface area contributed by atoms with Gasteiger partial charge in [-0.05, 0) is 31.2 Å². The molecule has 0 bridgehead atoms. The Morgan fingerprint density at radius 3 is 2.40 bits per heavy atom. The smallest absolute Gasteiger partial charge is 0.251 e. The zero-order valence-electron chi connectivity index (χ0n) is 11.7. The zero-order valence-corrected chi connectivity index (χ0v) is 12.5. The van der Waals surface area contributed by atoms with Crippen LogP contribution in [0.4, 0.5) is 0 Å². The lowest BCUT2D eigenvalue weighted by atomic mass is 10.1. The number of nitrogens with one attached hydrogen (secondary N) is 2. The van der Waals surface area contributed by atoms with Crippen molar-refractivity contribution in [2.45, 2.75) is 25.6 Å². The highest BCUT2D eigenvalue weighted by molar-refractivity contribution is 7.88. The van der Waals surface area contributed by atoms with Gasteiger partial charge >= 0.3 is 0 Å². The average Bonchev–Trinajstić information content (AvgIpc) is 2.35. The number of sulfonamides is 1. The van der Waals surface area contributed by atoms with Crippen LogP contribution >= 0.6 is 0 Å². The second-order valence-electron chi connectivity index (χ2n) is 4.67. The lowest BCUT2D eigenvalue weighted by Gasteiger charge is -2.13. The largest absolute Gasteiger partial charge is 0.350 e. The Hall–Kier alpha value is -1.44. The topological polar surface area (TPSA) is 101 Å². The molecule has 20 heavy (non-hydrogen) atoms. The fourth-order valence-corrected chi connectivity index (χ4v) is 2.41. The number of rotatable bonds is 7. The summed E-state index contributed by atoms with van der Waals surface area (Å²) in [6.07, 6.45) is 0. The quantitative estimate of drug-likeness (QED) is 0.669. The standard InChI is InChI=1S/C13H21N3O3S/c1-3-15-10(2)8-16-13(17)12-6-4-11(5-7-12)9-20(14,18)19/h4-7,10,15H,3,8-9H2,1-2H3,(H,16,17)(H2,14,18,19)/t10-/m1/s1. The minimum Gasteiger partial charge on any atom is -0.350 e. The fourth-order valence-electron chi connectivity index (χ4n) is 1.75. The number of carbonyl (C=O) groups excluding carboxylic acids is 1. The Kier molecular flexibility index (Phi) is 6.12. The minimum atomic E-state index is -3.55. The fraction of sp³-hybridized carbons (Fsp3) is 0.462. The van der Waals surface area contributed by atoms with Crippen LogP contribution in [0.3, 0.4) is 0 Å². The van der Waals surface area contributed by atoms with Crippen molar-refractivity contribution in [2.24, 2.45) is 5.14 Å². The first-order chi connectivity index (χ1) is 9.31. The first-order valence-electron chi connectivity index (χ1n) is 6.43. The van der Waals surface area contributed by atoms with Crippen LogP contribution in [0, 0.1) is 0 Å². The first-order valence-corrected chi connectivity index (χ1v) is 8.14. The van der Waals surface area contributed by atoms with E-state index in [1.807, 2.05) is 13.8 Å². The van der Waals surface area contributed by atoms with Crippen molar-refractivity contribution in [2.75, 3.05) is 13.1 Å². The van der Waals surface area contributed by atoms with Gasteiger partial charge in [0.15, 0.2) is 0 Å². The van der Waals surface area contributed by atoms with Gasteiger partial charge in [-0.3, -0.25) is 4.79 Å². The highest BCUT2D eigenvalue weighted by Crippen LogP contribution is 2.07. The van der Waals surface area contributed by atoms with E-state index in [-0.39, 0.29) is 17.7 Å². The Labute approximate surface area is 119 Å². The summed E-state index contributed by atoms with van der Waals surface area (Å²) in [7, 11) is -3.55. The van der Waals surface area contributed by atoms with Gasteiger partial charge in [0.2, 0.25) is 10.0 Å². The van der Waals surface area contributed by atoms with Crippen molar-refractivity contribution in [3.8, 4) is 0 Å². The minimum absolute atomic E-state index is 0.183. The second-order valence-corrected chi connectivity index (χ2v) is 6.29. The molecular formula is C13H21N3O3S. The average molecular weight is 299 g/mol. The van der Waals surface area contributed by atoms with E-state index in [0.29, 0.717) is 17.7 Å². The number of benzene rings is 1. The van der Waals surface area contributed by atoms with E-state index in [1.54, 1.807) is 24.3 Å². The van der Waals surface area contributed by atoms with Gasteiger partial charge in [-0.2, -0.15) is 0 Å². The molecule has 0 saturated carbocycles. The summed E-state index contributed by atoms with van der Waals surface area (Å²) < 4.78 is 21.9. The molecule has 0 radical (unpaired) electrons. The monoisotopic (exact) mass is 299 g/mol. The molecule has 0 heterocycles. The summed E-state index contributed by atoms with van der Waals surface area (Å²) in [5.74, 6) is -0.413. The molecule has 0 aliphatic rings. The normalized spacial score (nSPS) is 12.9. The van der Waals surface area contributed by atoms with Crippen LogP contribution in [0.5, 0.6) is 0 Å². The maximum atomic E-state index is 11.9. The first kappa shape index (κ1) is 16.6. The zero-order chi connectivity index (χ0) is 15.2. The molecule has 0 aliphatic heterocycles. The maximum absolute atomic E-state index is 11.9. The lowest BCUT2D eigenvalue weighted by molar-refractivity contribution is 0.0950. The molecule has 1 aromatic rings. The van der Waals surface area contributed by atoms with Gasteiger partial charge in [0.05, 0.1) is 5.75 Å². The van der Waals surface area contributed by atoms with E-state index in [1.165, 1.54) is 0 Å². The third-order valence-electron chi connectivity index (χ3n) is 2.71. The summed E-state index contributed by atoms with van der Waals surface area (Å²) in [6.45, 7) is 5.37. The van der Waals surface area contributed by atoms with Crippen LogP contribution < -0.4 is 15.8 Å². The summed E-state index contributed by atoms with van der Waals surface area (Å²) in [5, 5.41) is 11.0. The number of amides is 1. The molecule has 7 heteroatoms. The molecular weight excluding hydrogens is 278 g/mol. The van der Waals surface area contributed by atoms with Gasteiger partial charge in [-0.1, -0.05) is 19.1 Å². The number of hydrogen-bond donors (Lipinski definition) is 3. The summed E-state index contributed by atoms with van der Waals surface area (Å²) >= 11 is 0. The van der Waals surface area contributed by atoms with Crippen LogP contribution in [0.25, 0.3) is 0 Å². The van der Waals surface area contributed by atoms with Crippen molar-refractivity contribution in [3.63, 3.8) is 0 Å². The van der Waals surface area contributed by atoms with Crippen molar-refractivity contribution < 1.29 is 13.2 Å². The van der Waals surface area contributed by atoms with Crippen molar-refractivity contribution >= 4 is 15.9 Å². The molecule has 1 aromatic carbocycles. The molecule has 0 aromatic heterocycles. The summed E-state index contributed by atoms with van der Waals surface area (Å²) in [6, 6.07) is 6.56. The molecule has 112 valence electrons. The van der Waals surface area contributed by atoms with E-state index < -0.39 is 10.0 Å². The molecule has 1 atom stereocenters. The maximum Gasteiger partial charge on any atom is 0.251 e. The molecule has 0 fully saturated rings. The van der Waals surface area contributed by atoms with Gasteiger partial charge in [0.25, 0.3) is 5.91 Å². The Morgan fingerprint density at radius 2 is 1.90 bits per heavy atom. The number of nitrogens with two attached hydrogens (primary N) is 1. The van der Waals surface area contributed by atoms with Crippen LogP contribution in [0.1, 0.15) is 29.8 Å². The van der Waals surface area contributed by atoms with E-state index in [4.69, 9.17) is 5.14 Å². The van der Waals surface area contributed by atoms with Gasteiger partial charge in [0, 0.05) is 18.2 Å². The van der Waals surface area contributed by atoms with E-state index in [2.05, 4.69) is 10.6 Å². The van der Waals surface area contributed by atoms with E-state index in [0.717, 1.165) is 6.54 Å². The predicted molar refractivity (Wildman–Crippen MR) is 78.7 cm³/mol. The summed E-state index contributed by atoms with van der Waals surface area (Å²) in [4.78, 5) is 11.9. The molecule has 6 nitrogen and oxygen atoms in total. The highest BCUT2D eigenvalue weighted by atomic mass is 32.2. The van der Waals surface area contributed by atoms with E-state index in [9.17, 15) is 13.2 Å². The third kappa shape index (κ3) is 6.14. The second kappa shape index (κ2) is 7.37. The Morgan fingerprint density at radius 1 is 1.30 bits per heavy atom. The molecule has 1 amide bonds. The molecule has 0 spiro atoms. The number of carbonyl (C=O) groups is 1. The van der Waals surface area contributed by atoms with Crippen LogP contribution in [-0.4, -0.2) is 33.5 Å². The molecule has 0 unspecified atom stereocenters. The molecule has 1 rings (SSSR count). The Balaban J connectivity index is 2.57. The molecule has 4 N–H and O–H groups in total. The summed E-state index contributed by atoms with van der Waals surface area (Å²) in [5.41, 5.74) is 1.05. The highest BCUT2D eigenvalue weighted by Gasteiger charge is 2.09. The van der Waals surface area contributed by atoms with Gasteiger partial charge in [-0.15, -0.1) is 0 Å². The van der Waals surface area contributed by atoms with Crippen molar-refractivity contribution in [1.29, 1.82) is 0 Å². The number of hydrogen-bond acceptors (Lipinski definition) is 4. The van der Waals surface area contributed by atoms with Gasteiger partial charge in [0.1, 0.15) is 0 Å². The number of likely N-dealkylation sites (N-methyl/N-ethyl adjacent to an activating group) is 1. The van der Waals surface area contributed by atoms with Crippen molar-refractivity contribution in [3.05, 3.63) is 35.4 Å². The number of primary sulfonamides is 1. The van der Waals surface area contributed by atoms with Crippen LogP contribution in [-0.2, 0) is 15.8 Å². The molecule has 0 saturated heterocycles.